The Bertz CT molecular complexity index is 953. The van der Waals surface area contributed by atoms with Gasteiger partial charge in [0.25, 0.3) is 11.5 Å². The van der Waals surface area contributed by atoms with Gasteiger partial charge >= 0.3 is 5.97 Å². The van der Waals surface area contributed by atoms with Crippen LogP contribution in [0, 0.1) is 5.41 Å². The van der Waals surface area contributed by atoms with Crippen molar-refractivity contribution in [3.63, 3.8) is 0 Å². The van der Waals surface area contributed by atoms with E-state index in [1.807, 2.05) is 26.8 Å². The minimum atomic E-state index is -1.13. The molecule has 1 amide bonds. The maximum atomic E-state index is 12.9. The zero-order chi connectivity index (χ0) is 21.1. The Kier molecular flexibility index (Phi) is 7.64. The topological polar surface area (TPSA) is 79.6 Å². The summed E-state index contributed by atoms with van der Waals surface area (Å²) < 4.78 is 2.45. The summed E-state index contributed by atoms with van der Waals surface area (Å²) in [7, 11) is 0. The van der Waals surface area contributed by atoms with Gasteiger partial charge in [-0.15, -0.1) is 11.3 Å². The molecule has 1 aromatic rings. The number of carbonyl (C=O) groups excluding carboxylic acids is 1. The third kappa shape index (κ3) is 5.55. The van der Waals surface area contributed by atoms with Gasteiger partial charge in [0, 0.05) is 6.54 Å². The van der Waals surface area contributed by atoms with E-state index in [9.17, 15) is 19.5 Å². The molecule has 0 aliphatic carbocycles. The smallest absolute Gasteiger partial charge is 0.323 e. The first-order valence-electron chi connectivity index (χ1n) is 9.27. The molecule has 0 bridgehead atoms. The van der Waals surface area contributed by atoms with Crippen LogP contribution in [-0.2, 0) is 16.1 Å². The Balaban J connectivity index is 2.54. The minimum absolute atomic E-state index is 0.241. The summed E-state index contributed by atoms with van der Waals surface area (Å²) in [5.41, 5.74) is -0.633. The molecule has 1 fully saturated rings. The molecular weight excluding hydrogens is 416 g/mol. The van der Waals surface area contributed by atoms with Crippen LogP contribution in [0.3, 0.4) is 0 Å². The lowest BCUT2D eigenvalue weighted by Gasteiger charge is -2.13. The van der Waals surface area contributed by atoms with Crippen molar-refractivity contribution in [1.82, 2.24) is 9.47 Å². The van der Waals surface area contributed by atoms with Crippen molar-refractivity contribution in [2.75, 3.05) is 6.54 Å². The Morgan fingerprint density at radius 2 is 1.89 bits per heavy atom. The van der Waals surface area contributed by atoms with Gasteiger partial charge in [0.15, 0.2) is 0 Å². The van der Waals surface area contributed by atoms with Crippen LogP contribution in [0.15, 0.2) is 4.79 Å². The zero-order valence-electron chi connectivity index (χ0n) is 16.6. The van der Waals surface area contributed by atoms with E-state index in [2.05, 4.69) is 6.92 Å². The van der Waals surface area contributed by atoms with Gasteiger partial charge in [-0.25, -0.2) is 0 Å². The Morgan fingerprint density at radius 1 is 1.21 bits per heavy atom. The summed E-state index contributed by atoms with van der Waals surface area (Å²) in [5, 5.41) is 9.23. The zero-order valence-corrected chi connectivity index (χ0v) is 19.1. The SMILES string of the molecule is CCCCCCN1C(=O)/C(=c2\s/c(=C/C(C)(C)C)c(=O)n2CC(=O)O)SC1=S. The van der Waals surface area contributed by atoms with Crippen molar-refractivity contribution < 1.29 is 14.7 Å². The molecule has 1 N–H and O–H groups in total. The molecule has 1 aliphatic heterocycles. The Morgan fingerprint density at radius 3 is 2.46 bits per heavy atom. The van der Waals surface area contributed by atoms with Gasteiger partial charge < -0.3 is 5.11 Å². The van der Waals surface area contributed by atoms with Crippen molar-refractivity contribution in [2.24, 2.45) is 5.41 Å². The number of rotatable bonds is 7. The van der Waals surface area contributed by atoms with Crippen molar-refractivity contribution >= 4 is 62.5 Å². The number of hydrogen-bond donors (Lipinski definition) is 1. The van der Waals surface area contributed by atoms with Crippen LogP contribution >= 0.6 is 35.3 Å². The lowest BCUT2D eigenvalue weighted by atomic mass is 9.97. The molecule has 0 aromatic carbocycles. The van der Waals surface area contributed by atoms with Crippen LogP contribution < -0.4 is 14.8 Å². The highest BCUT2D eigenvalue weighted by molar-refractivity contribution is 8.30. The van der Waals surface area contributed by atoms with E-state index in [0.29, 0.717) is 25.0 Å². The van der Waals surface area contributed by atoms with Gasteiger partial charge in [0.1, 0.15) is 20.4 Å². The molecule has 1 aromatic heterocycles. The van der Waals surface area contributed by atoms with Crippen molar-refractivity contribution in [1.29, 1.82) is 0 Å². The molecule has 2 rings (SSSR count). The molecule has 0 atom stereocenters. The maximum Gasteiger partial charge on any atom is 0.323 e. The molecule has 28 heavy (non-hydrogen) atoms. The number of nitrogens with zero attached hydrogens (tertiary/aromatic N) is 2. The minimum Gasteiger partial charge on any atom is -0.480 e. The second-order valence-corrected chi connectivity index (χ2v) is 10.5. The number of aliphatic carboxylic acids is 1. The molecule has 154 valence electrons. The summed E-state index contributed by atoms with van der Waals surface area (Å²) in [6, 6.07) is 0. The molecule has 1 aliphatic rings. The van der Waals surface area contributed by atoms with Crippen LogP contribution in [0.4, 0.5) is 0 Å². The van der Waals surface area contributed by atoms with Gasteiger partial charge in [-0.3, -0.25) is 23.9 Å². The lowest BCUT2D eigenvalue weighted by molar-refractivity contribution is -0.137. The summed E-state index contributed by atoms with van der Waals surface area (Å²) >= 11 is 7.68. The van der Waals surface area contributed by atoms with E-state index in [0.717, 1.165) is 48.8 Å². The molecular formula is C19H26N2O4S3. The standard InChI is InChI=1S/C19H26N2O4S3/c1-5-6-7-8-9-20-16(25)14(28-18(20)26)17-21(11-13(22)23)15(24)12(27-17)10-19(2,3)4/h10H,5-9,11H2,1-4H3,(H,22,23)/b12-10+,17-14+. The molecule has 6 nitrogen and oxygen atoms in total. The number of thiazole rings is 1. The monoisotopic (exact) mass is 442 g/mol. The van der Waals surface area contributed by atoms with Crippen LogP contribution in [0.5, 0.6) is 0 Å². The predicted octanol–water partition coefficient (Wildman–Crippen LogP) is 2.37. The van der Waals surface area contributed by atoms with Crippen molar-refractivity contribution in [2.45, 2.75) is 59.9 Å². The predicted molar refractivity (Wildman–Crippen MR) is 119 cm³/mol. The molecule has 0 unspecified atom stereocenters. The molecule has 1 saturated heterocycles. The summed E-state index contributed by atoms with van der Waals surface area (Å²) in [6.07, 6.45) is 5.91. The number of unbranched alkanes of at least 4 members (excludes halogenated alkanes) is 3. The maximum absolute atomic E-state index is 12.9. The van der Waals surface area contributed by atoms with E-state index in [1.54, 1.807) is 4.90 Å². The Hall–Kier alpha value is -1.45. The van der Waals surface area contributed by atoms with Gasteiger partial charge in [0.2, 0.25) is 0 Å². The summed E-state index contributed by atoms with van der Waals surface area (Å²) in [6.45, 7) is 8.07. The molecule has 0 saturated carbocycles. The number of thioether (sulfide) groups is 1. The number of hydrogen-bond acceptors (Lipinski definition) is 6. The quantitative estimate of drug-likeness (QED) is 0.516. The molecule has 0 spiro atoms. The van der Waals surface area contributed by atoms with Gasteiger partial charge in [0.05, 0.1) is 4.53 Å². The van der Waals surface area contributed by atoms with E-state index in [1.165, 1.54) is 4.57 Å². The van der Waals surface area contributed by atoms with E-state index < -0.39 is 12.5 Å². The van der Waals surface area contributed by atoms with E-state index in [4.69, 9.17) is 12.2 Å². The van der Waals surface area contributed by atoms with Crippen LogP contribution in [0.25, 0.3) is 11.0 Å². The molecule has 2 heterocycles. The number of thiocarbonyl (C=S) groups is 1. The van der Waals surface area contributed by atoms with E-state index in [-0.39, 0.29) is 16.9 Å². The van der Waals surface area contributed by atoms with Crippen molar-refractivity contribution in [3.8, 4) is 0 Å². The first-order chi connectivity index (χ1) is 13.0. The first-order valence-corrected chi connectivity index (χ1v) is 11.3. The van der Waals surface area contributed by atoms with Crippen LogP contribution in [0.1, 0.15) is 53.4 Å². The summed E-state index contributed by atoms with van der Waals surface area (Å²) in [4.78, 5) is 38.9. The normalized spacial score (nSPS) is 17.7. The number of aromatic nitrogens is 1. The van der Waals surface area contributed by atoms with E-state index >= 15 is 0 Å². The van der Waals surface area contributed by atoms with Crippen LogP contribution in [0.2, 0.25) is 0 Å². The third-order valence-electron chi connectivity index (χ3n) is 4.04. The van der Waals surface area contributed by atoms with Crippen molar-refractivity contribution in [3.05, 3.63) is 19.5 Å². The highest BCUT2D eigenvalue weighted by Gasteiger charge is 2.33. The molecule has 9 heteroatoms. The third-order valence-corrected chi connectivity index (χ3v) is 6.74. The highest BCUT2D eigenvalue weighted by atomic mass is 32.2. The van der Waals surface area contributed by atoms with Gasteiger partial charge in [-0.05, 0) is 11.8 Å². The largest absolute Gasteiger partial charge is 0.480 e. The fourth-order valence-electron chi connectivity index (χ4n) is 2.78. The molecule has 0 radical (unpaired) electrons. The highest BCUT2D eigenvalue weighted by Crippen LogP contribution is 2.31. The Labute approximate surface area is 177 Å². The van der Waals surface area contributed by atoms with Gasteiger partial charge in [-0.1, -0.05) is 77.0 Å². The fourth-order valence-corrected chi connectivity index (χ4v) is 5.56. The number of amides is 1. The fraction of sp³-hybridized carbons (Fsp3) is 0.579. The average molecular weight is 443 g/mol. The van der Waals surface area contributed by atoms with Gasteiger partial charge in [-0.2, -0.15) is 0 Å². The number of carboxylic acids is 1. The second kappa shape index (κ2) is 9.37. The number of carbonyl (C=O) groups is 2. The number of carboxylic acid groups (broad SMARTS) is 1. The first kappa shape index (κ1) is 22.8. The second-order valence-electron chi connectivity index (χ2n) is 7.78. The average Bonchev–Trinajstić information content (AvgIpc) is 3.01. The summed E-state index contributed by atoms with van der Waals surface area (Å²) in [5.74, 6) is -1.37. The lowest BCUT2D eigenvalue weighted by Crippen LogP contribution is -2.36. The van der Waals surface area contributed by atoms with Crippen LogP contribution in [-0.4, -0.2) is 37.3 Å².